The van der Waals surface area contributed by atoms with E-state index in [-0.39, 0.29) is 51.0 Å². The fraction of sp³-hybridized carbons (Fsp3) is 0.185. The molecule has 0 saturated heterocycles. The molecule has 0 nitrogen and oxygen atoms in total. The van der Waals surface area contributed by atoms with Crippen LogP contribution in [0, 0.1) is 0 Å². The molecule has 0 bridgehead atoms. The zero-order chi connectivity index (χ0) is 18.2. The van der Waals surface area contributed by atoms with E-state index in [1.165, 1.54) is 39.8 Å². The van der Waals surface area contributed by atoms with Crippen molar-refractivity contribution in [3.63, 3.8) is 0 Å². The van der Waals surface area contributed by atoms with E-state index in [2.05, 4.69) is 97.9 Å². The summed E-state index contributed by atoms with van der Waals surface area (Å²) in [6.07, 6.45) is 9.28. The Labute approximate surface area is 211 Å². The van der Waals surface area contributed by atoms with Crippen molar-refractivity contribution in [1.29, 1.82) is 0 Å². The van der Waals surface area contributed by atoms with Gasteiger partial charge in [-0.2, -0.15) is 0 Å². The molecule has 0 aliphatic heterocycles. The Balaban J connectivity index is 0.00000107. The van der Waals surface area contributed by atoms with Gasteiger partial charge in [0.1, 0.15) is 0 Å². The Hall–Kier alpha value is -1.40. The average Bonchev–Trinajstić information content (AvgIpc) is 3.23. The number of hydrogen-bond donors (Lipinski definition) is 0. The smallest absolute Gasteiger partial charge is 1.00 e. The standard InChI is InChI=1S/C27H24.2ClH.Zr/c1-2-9-21-20(18-19-10-3-4-11-22(19)21)16-17-27-25-14-7-5-12-23(25)24-13-6-8-15-26(24)27;;;/h2-15,18,21,27H,16-17H2,1H3;2*1H;/q;;;+2/p-2. The fourth-order valence-corrected chi connectivity index (χ4v) is 4.94. The van der Waals surface area contributed by atoms with Crippen LogP contribution in [-0.2, 0) is 26.2 Å². The Kier molecular flexibility index (Phi) is 8.92. The molecule has 2 aliphatic carbocycles. The summed E-state index contributed by atoms with van der Waals surface area (Å²) in [7, 11) is 0. The van der Waals surface area contributed by atoms with Crippen molar-refractivity contribution in [2.75, 3.05) is 0 Å². The van der Waals surface area contributed by atoms with Crippen molar-refractivity contribution in [2.45, 2.75) is 31.6 Å². The van der Waals surface area contributed by atoms with Gasteiger partial charge >= 0.3 is 26.2 Å². The summed E-state index contributed by atoms with van der Waals surface area (Å²) in [6.45, 7) is 2.13. The third kappa shape index (κ3) is 4.31. The van der Waals surface area contributed by atoms with Gasteiger partial charge in [-0.05, 0) is 53.1 Å². The fourth-order valence-electron chi connectivity index (χ4n) is 4.94. The van der Waals surface area contributed by atoms with Crippen LogP contribution in [-0.4, -0.2) is 0 Å². The summed E-state index contributed by atoms with van der Waals surface area (Å²) in [5.74, 6) is 0.950. The molecule has 0 aromatic heterocycles. The van der Waals surface area contributed by atoms with Gasteiger partial charge in [0.2, 0.25) is 0 Å². The molecule has 0 saturated carbocycles. The van der Waals surface area contributed by atoms with Crippen LogP contribution in [0.2, 0.25) is 0 Å². The Morgan fingerprint density at radius 1 is 0.733 bits per heavy atom. The maximum absolute atomic E-state index is 2.42. The molecule has 3 aromatic rings. The van der Waals surface area contributed by atoms with Crippen molar-refractivity contribution in [1.82, 2.24) is 0 Å². The van der Waals surface area contributed by atoms with Crippen LogP contribution in [0.5, 0.6) is 0 Å². The number of hydrogen-bond acceptors (Lipinski definition) is 0. The molecule has 0 heterocycles. The van der Waals surface area contributed by atoms with Crippen LogP contribution < -0.4 is 24.8 Å². The Morgan fingerprint density at radius 3 is 1.87 bits per heavy atom. The van der Waals surface area contributed by atoms with E-state index in [1.54, 1.807) is 5.57 Å². The van der Waals surface area contributed by atoms with Gasteiger partial charge in [-0.1, -0.05) is 96.6 Å². The predicted molar refractivity (Wildman–Crippen MR) is 115 cm³/mol. The maximum Gasteiger partial charge on any atom is 2.00 e. The molecule has 1 atom stereocenters. The van der Waals surface area contributed by atoms with Gasteiger partial charge in [0.15, 0.2) is 0 Å². The van der Waals surface area contributed by atoms with E-state index >= 15 is 0 Å². The van der Waals surface area contributed by atoms with Crippen LogP contribution in [0.25, 0.3) is 17.2 Å². The molecule has 0 N–H and O–H groups in total. The molecule has 150 valence electrons. The topological polar surface area (TPSA) is 0 Å². The van der Waals surface area contributed by atoms with Gasteiger partial charge in [0.05, 0.1) is 0 Å². The Bertz CT molecular complexity index is 1020. The van der Waals surface area contributed by atoms with E-state index < -0.39 is 0 Å². The van der Waals surface area contributed by atoms with Gasteiger partial charge in [-0.3, -0.25) is 0 Å². The zero-order valence-electron chi connectivity index (χ0n) is 17.0. The molecule has 0 spiro atoms. The second kappa shape index (κ2) is 10.8. The monoisotopic (exact) mass is 508 g/mol. The second-order valence-electron chi connectivity index (χ2n) is 7.62. The molecule has 3 aromatic carbocycles. The molecule has 30 heavy (non-hydrogen) atoms. The van der Waals surface area contributed by atoms with Crippen molar-refractivity contribution in [2.24, 2.45) is 0 Å². The first-order chi connectivity index (χ1) is 13.4. The van der Waals surface area contributed by atoms with Crippen LogP contribution in [0.15, 0.2) is 90.5 Å². The molecular weight excluding hydrogens is 486 g/mol. The SMILES string of the molecule is CC=CC1C(CCC2c3ccccc3-c3ccccc32)=Cc2ccccc21.[Cl-].[Cl-].[Zr+2]. The van der Waals surface area contributed by atoms with Gasteiger partial charge in [0.25, 0.3) is 0 Å². The predicted octanol–water partition coefficient (Wildman–Crippen LogP) is 1.34. The van der Waals surface area contributed by atoms with Crippen molar-refractivity contribution < 1.29 is 51.0 Å². The molecule has 3 heteroatoms. The van der Waals surface area contributed by atoms with Gasteiger partial charge < -0.3 is 24.8 Å². The first kappa shape index (κ1) is 24.9. The molecule has 1 unspecified atom stereocenters. The molecule has 0 fully saturated rings. The summed E-state index contributed by atoms with van der Waals surface area (Å²) in [4.78, 5) is 0. The van der Waals surface area contributed by atoms with Gasteiger partial charge in [0, 0.05) is 11.8 Å². The van der Waals surface area contributed by atoms with Crippen molar-refractivity contribution in [3.05, 3.63) is 113 Å². The second-order valence-corrected chi connectivity index (χ2v) is 7.62. The third-order valence-corrected chi connectivity index (χ3v) is 6.14. The van der Waals surface area contributed by atoms with E-state index in [9.17, 15) is 0 Å². The van der Waals surface area contributed by atoms with E-state index in [0.717, 1.165) is 6.42 Å². The van der Waals surface area contributed by atoms with Crippen LogP contribution in [0.1, 0.15) is 53.9 Å². The molecule has 5 rings (SSSR count). The van der Waals surface area contributed by atoms with Crippen LogP contribution in [0.3, 0.4) is 0 Å². The molecular formula is C27H24Cl2Zr. The Morgan fingerprint density at radius 2 is 1.27 bits per heavy atom. The first-order valence-corrected chi connectivity index (χ1v) is 9.97. The van der Waals surface area contributed by atoms with Crippen molar-refractivity contribution >= 4 is 6.08 Å². The van der Waals surface area contributed by atoms with E-state index in [0.29, 0.717) is 11.8 Å². The average molecular weight is 511 g/mol. The number of rotatable bonds is 4. The van der Waals surface area contributed by atoms with E-state index in [4.69, 9.17) is 0 Å². The van der Waals surface area contributed by atoms with Crippen molar-refractivity contribution in [3.8, 4) is 11.1 Å². The minimum atomic E-state index is 0. The number of benzene rings is 3. The normalized spacial score (nSPS) is 15.9. The quantitative estimate of drug-likeness (QED) is 0.465. The van der Waals surface area contributed by atoms with Crippen LogP contribution in [0.4, 0.5) is 0 Å². The molecule has 0 radical (unpaired) electrons. The first-order valence-electron chi connectivity index (χ1n) is 9.97. The van der Waals surface area contributed by atoms with Crippen LogP contribution >= 0.6 is 0 Å². The number of allylic oxidation sites excluding steroid dienone is 3. The minimum absolute atomic E-state index is 0. The largest absolute Gasteiger partial charge is 2.00 e. The summed E-state index contributed by atoms with van der Waals surface area (Å²) >= 11 is 0. The summed E-state index contributed by atoms with van der Waals surface area (Å²) in [5.41, 5.74) is 10.2. The minimum Gasteiger partial charge on any atom is -1.00 e. The third-order valence-electron chi connectivity index (χ3n) is 6.14. The number of fused-ring (bicyclic) bond motifs is 4. The zero-order valence-corrected chi connectivity index (χ0v) is 21.0. The summed E-state index contributed by atoms with van der Waals surface area (Å²) < 4.78 is 0. The van der Waals surface area contributed by atoms with Gasteiger partial charge in [-0.25, -0.2) is 0 Å². The molecule has 2 aliphatic rings. The number of halogens is 2. The maximum atomic E-state index is 2.42. The molecule has 0 amide bonds. The van der Waals surface area contributed by atoms with E-state index in [1.807, 2.05) is 0 Å². The summed E-state index contributed by atoms with van der Waals surface area (Å²) in [5, 5.41) is 0. The van der Waals surface area contributed by atoms with Gasteiger partial charge in [-0.15, -0.1) is 0 Å². The summed E-state index contributed by atoms with van der Waals surface area (Å²) in [6, 6.07) is 26.7.